The second kappa shape index (κ2) is 8.60. The van der Waals surface area contributed by atoms with Crippen LogP contribution in [-0.2, 0) is 0 Å². The van der Waals surface area contributed by atoms with E-state index in [0.717, 1.165) is 17.0 Å². The summed E-state index contributed by atoms with van der Waals surface area (Å²) in [5.74, 6) is -2.48. The van der Waals surface area contributed by atoms with Gasteiger partial charge in [-0.25, -0.2) is 9.59 Å². The summed E-state index contributed by atoms with van der Waals surface area (Å²) in [7, 11) is 0. The average molecular weight is 435 g/mol. The topological polar surface area (TPSA) is 158 Å². The first-order chi connectivity index (χ1) is 15.1. The number of aromatic carboxylic acids is 2. The molecule has 32 heavy (non-hydrogen) atoms. The number of nitro benzene ring substituents is 1. The maximum Gasteiger partial charge on any atom is 0.335 e. The number of rotatable bonds is 3. The van der Waals surface area contributed by atoms with Crippen LogP contribution < -0.4 is 0 Å². The van der Waals surface area contributed by atoms with Crippen LogP contribution >= 0.6 is 0 Å². The highest BCUT2D eigenvalue weighted by Gasteiger charge is 2.12. The predicted octanol–water partition coefficient (Wildman–Crippen LogP) is 4.70. The molecule has 0 saturated heterocycles. The zero-order chi connectivity index (χ0) is 23.6. The molecule has 0 bridgehead atoms. The summed E-state index contributed by atoms with van der Waals surface area (Å²) < 4.78 is 0. The molecule has 0 aliphatic heterocycles. The second-order valence-electron chi connectivity index (χ2n) is 6.99. The van der Waals surface area contributed by atoms with Crippen LogP contribution in [0.5, 0.6) is 11.5 Å². The number of aryl methyl sites for hydroxylation is 1. The quantitative estimate of drug-likeness (QED) is 0.266. The van der Waals surface area contributed by atoms with Crippen LogP contribution in [0.3, 0.4) is 0 Å². The number of nitrogens with zero attached hydrogens (tertiary/aromatic N) is 1. The Kier molecular flexibility index (Phi) is 5.92. The highest BCUT2D eigenvalue weighted by atomic mass is 16.6. The lowest BCUT2D eigenvalue weighted by molar-refractivity contribution is -0.384. The predicted molar refractivity (Wildman–Crippen MR) is 117 cm³/mol. The molecule has 4 aromatic rings. The number of carboxylic acids is 2. The summed E-state index contributed by atoms with van der Waals surface area (Å²) in [5.41, 5.74) is 0.907. The SMILES string of the molecule is Cc1ccc2cc(C(=O)O)cc(O)c2c1.O=C(O)c1cc(O)c2cc([N+](=O)[O-])ccc2c1. The van der Waals surface area contributed by atoms with Crippen LogP contribution in [0.15, 0.2) is 60.7 Å². The fourth-order valence-electron chi connectivity index (χ4n) is 3.14. The van der Waals surface area contributed by atoms with Crippen molar-refractivity contribution in [2.45, 2.75) is 6.92 Å². The Morgan fingerprint density at radius 3 is 1.69 bits per heavy atom. The lowest BCUT2D eigenvalue weighted by Crippen LogP contribution is -1.96. The Hall–Kier alpha value is -4.66. The third kappa shape index (κ3) is 4.57. The number of nitro groups is 1. The van der Waals surface area contributed by atoms with E-state index in [2.05, 4.69) is 0 Å². The van der Waals surface area contributed by atoms with Crippen LogP contribution in [0, 0.1) is 17.0 Å². The summed E-state index contributed by atoms with van der Waals surface area (Å²) in [5, 5.41) is 49.6. The third-order valence-corrected chi connectivity index (χ3v) is 4.71. The summed E-state index contributed by atoms with van der Waals surface area (Å²) in [6, 6.07) is 14.6. The van der Waals surface area contributed by atoms with Gasteiger partial charge in [-0.15, -0.1) is 0 Å². The number of phenolic OH excluding ortho intramolecular Hbond substituents is 2. The van der Waals surface area contributed by atoms with Gasteiger partial charge in [0, 0.05) is 22.9 Å². The van der Waals surface area contributed by atoms with Crippen molar-refractivity contribution < 1.29 is 34.9 Å². The van der Waals surface area contributed by atoms with Gasteiger partial charge in [-0.05, 0) is 54.1 Å². The van der Waals surface area contributed by atoms with Crippen molar-refractivity contribution >= 4 is 39.2 Å². The lowest BCUT2D eigenvalue weighted by atomic mass is 10.0. The first kappa shape index (κ1) is 22.0. The molecule has 0 unspecified atom stereocenters. The molecule has 0 aliphatic carbocycles. The monoisotopic (exact) mass is 435 g/mol. The van der Waals surface area contributed by atoms with E-state index in [-0.39, 0.29) is 33.7 Å². The third-order valence-electron chi connectivity index (χ3n) is 4.71. The molecule has 4 aromatic carbocycles. The Bertz CT molecular complexity index is 1390. The summed E-state index contributed by atoms with van der Waals surface area (Å²) in [6.07, 6.45) is 0. The number of hydrogen-bond donors (Lipinski definition) is 4. The molecular weight excluding hydrogens is 418 g/mol. The Morgan fingerprint density at radius 2 is 1.22 bits per heavy atom. The molecular formula is C23H17NO8. The molecule has 0 aromatic heterocycles. The highest BCUT2D eigenvalue weighted by molar-refractivity contribution is 5.98. The number of non-ortho nitro benzene ring substituents is 1. The van der Waals surface area contributed by atoms with Crippen molar-refractivity contribution in [3.8, 4) is 11.5 Å². The van der Waals surface area contributed by atoms with Gasteiger partial charge < -0.3 is 20.4 Å². The Balaban J connectivity index is 0.000000182. The fourth-order valence-corrected chi connectivity index (χ4v) is 3.14. The molecule has 0 spiro atoms. The van der Waals surface area contributed by atoms with Crippen molar-refractivity contribution in [2.24, 2.45) is 0 Å². The van der Waals surface area contributed by atoms with Gasteiger partial charge in [0.1, 0.15) is 11.5 Å². The van der Waals surface area contributed by atoms with Crippen LogP contribution in [0.4, 0.5) is 5.69 Å². The first-order valence-electron chi connectivity index (χ1n) is 9.18. The summed E-state index contributed by atoms with van der Waals surface area (Å²) >= 11 is 0. The van der Waals surface area contributed by atoms with E-state index in [9.17, 15) is 29.9 Å². The van der Waals surface area contributed by atoms with Gasteiger partial charge in [-0.1, -0.05) is 17.7 Å². The number of carbonyl (C=O) groups is 2. The molecule has 0 heterocycles. The maximum absolute atomic E-state index is 10.8. The van der Waals surface area contributed by atoms with Crippen molar-refractivity contribution in [1.82, 2.24) is 0 Å². The van der Waals surface area contributed by atoms with Gasteiger partial charge in [0.15, 0.2) is 0 Å². The average Bonchev–Trinajstić information content (AvgIpc) is 2.74. The first-order valence-corrected chi connectivity index (χ1v) is 9.18. The minimum Gasteiger partial charge on any atom is -0.507 e. The van der Waals surface area contributed by atoms with E-state index in [4.69, 9.17) is 10.2 Å². The van der Waals surface area contributed by atoms with Crippen molar-refractivity contribution in [3.05, 3.63) is 87.5 Å². The molecule has 0 saturated carbocycles. The van der Waals surface area contributed by atoms with E-state index in [0.29, 0.717) is 10.8 Å². The minimum atomic E-state index is -1.17. The molecule has 9 nitrogen and oxygen atoms in total. The standard InChI is InChI=1S/C12H10O3.C11H7NO5/c1-7-2-3-8-5-9(12(14)15)6-11(13)10(8)4-7;13-10-4-7(11(14)15)3-6-1-2-8(12(16)17)5-9(6)10/h2-6,13H,1H3,(H,14,15);1-5,13H,(H,14,15). The Labute approximate surface area is 180 Å². The van der Waals surface area contributed by atoms with E-state index in [1.165, 1.54) is 30.3 Å². The smallest absolute Gasteiger partial charge is 0.335 e. The van der Waals surface area contributed by atoms with Crippen molar-refractivity contribution in [2.75, 3.05) is 0 Å². The van der Waals surface area contributed by atoms with Gasteiger partial charge in [0.2, 0.25) is 0 Å². The molecule has 0 fully saturated rings. The Morgan fingerprint density at radius 1 is 0.750 bits per heavy atom. The van der Waals surface area contributed by atoms with Crippen LogP contribution in [0.2, 0.25) is 0 Å². The van der Waals surface area contributed by atoms with E-state index < -0.39 is 16.9 Å². The number of carboxylic acid groups (broad SMARTS) is 2. The largest absolute Gasteiger partial charge is 0.507 e. The molecule has 0 aliphatic rings. The van der Waals surface area contributed by atoms with Crippen molar-refractivity contribution in [1.29, 1.82) is 0 Å². The number of fused-ring (bicyclic) bond motifs is 2. The molecule has 0 atom stereocenters. The zero-order valence-corrected chi connectivity index (χ0v) is 16.6. The van der Waals surface area contributed by atoms with E-state index in [1.54, 1.807) is 12.1 Å². The van der Waals surface area contributed by atoms with E-state index in [1.807, 2.05) is 19.1 Å². The van der Waals surface area contributed by atoms with Crippen LogP contribution in [0.1, 0.15) is 26.3 Å². The molecule has 162 valence electrons. The van der Waals surface area contributed by atoms with Crippen molar-refractivity contribution in [3.63, 3.8) is 0 Å². The van der Waals surface area contributed by atoms with Gasteiger partial charge in [0.25, 0.3) is 5.69 Å². The van der Waals surface area contributed by atoms with Gasteiger partial charge in [0.05, 0.1) is 16.1 Å². The molecule has 0 amide bonds. The molecule has 9 heteroatoms. The van der Waals surface area contributed by atoms with Gasteiger partial charge in [-0.3, -0.25) is 10.1 Å². The summed E-state index contributed by atoms with van der Waals surface area (Å²) in [4.78, 5) is 31.5. The maximum atomic E-state index is 10.8. The fraction of sp³-hybridized carbons (Fsp3) is 0.0435. The molecule has 4 rings (SSSR count). The number of hydrogen-bond acceptors (Lipinski definition) is 6. The minimum absolute atomic E-state index is 0.00796. The lowest BCUT2D eigenvalue weighted by Gasteiger charge is -2.04. The van der Waals surface area contributed by atoms with Crippen LogP contribution in [0.25, 0.3) is 21.5 Å². The van der Waals surface area contributed by atoms with Gasteiger partial charge in [-0.2, -0.15) is 0 Å². The molecule has 0 radical (unpaired) electrons. The van der Waals surface area contributed by atoms with Gasteiger partial charge >= 0.3 is 11.9 Å². The zero-order valence-electron chi connectivity index (χ0n) is 16.6. The van der Waals surface area contributed by atoms with Crippen LogP contribution in [-0.4, -0.2) is 37.3 Å². The number of aromatic hydroxyl groups is 2. The number of phenols is 2. The normalized spacial score (nSPS) is 10.4. The highest BCUT2D eigenvalue weighted by Crippen LogP contribution is 2.30. The van der Waals surface area contributed by atoms with E-state index >= 15 is 0 Å². The second-order valence-corrected chi connectivity index (χ2v) is 6.99. The molecule has 4 N–H and O–H groups in total. The number of benzene rings is 4. The summed E-state index contributed by atoms with van der Waals surface area (Å²) in [6.45, 7) is 1.92.